The van der Waals surface area contributed by atoms with Gasteiger partial charge in [-0.05, 0) is 20.5 Å². The lowest BCUT2D eigenvalue weighted by atomic mass is 10.2. The minimum absolute atomic E-state index is 0.458. The highest BCUT2D eigenvalue weighted by molar-refractivity contribution is 4.65. The molecule has 0 aliphatic carbocycles. The lowest BCUT2D eigenvalue weighted by Gasteiger charge is -2.21. The van der Waals surface area contributed by atoms with Gasteiger partial charge in [-0.1, -0.05) is 0 Å². The molecule has 0 saturated heterocycles. The predicted octanol–water partition coefficient (Wildman–Crippen LogP) is -0.0882. The summed E-state index contributed by atoms with van der Waals surface area (Å²) in [4.78, 5) is 2.12. The molecule has 3 heteroatoms. The second-order valence-corrected chi connectivity index (χ2v) is 2.63. The van der Waals surface area contributed by atoms with Crippen LogP contribution in [0.2, 0.25) is 0 Å². The minimum atomic E-state index is 0.458. The number of nitrogens with zero attached hydrogens (tertiary/aromatic N) is 1. The molecule has 0 heterocycles. The smallest absolute Gasteiger partial charge is 0.0477 e. The molecule has 62 valence electrons. The maximum Gasteiger partial charge on any atom is 0.0477 e. The summed E-state index contributed by atoms with van der Waals surface area (Å²) in [5.74, 6) is 0. The molecule has 0 radical (unpaired) electrons. The Morgan fingerprint density at radius 2 is 2.10 bits per heavy atom. The molecule has 0 spiro atoms. The third-order valence-electron chi connectivity index (χ3n) is 1.66. The lowest BCUT2D eigenvalue weighted by Crippen LogP contribution is -2.35. The van der Waals surface area contributed by atoms with Crippen LogP contribution in [0.3, 0.4) is 0 Å². The maximum absolute atomic E-state index is 5.52. The second kappa shape index (κ2) is 5.65. The fourth-order valence-electron chi connectivity index (χ4n) is 0.841. The molecule has 1 atom stereocenters. The summed E-state index contributed by atoms with van der Waals surface area (Å²) < 4.78 is 4.94. The monoisotopic (exact) mass is 146 g/mol. The zero-order chi connectivity index (χ0) is 7.98. The molecule has 0 aromatic heterocycles. The summed E-state index contributed by atoms with van der Waals surface area (Å²) in [6.07, 6.45) is 1.01. The van der Waals surface area contributed by atoms with E-state index in [0.717, 1.165) is 13.0 Å². The van der Waals surface area contributed by atoms with Crippen LogP contribution < -0.4 is 5.73 Å². The van der Waals surface area contributed by atoms with E-state index >= 15 is 0 Å². The zero-order valence-electron chi connectivity index (χ0n) is 7.13. The first-order valence-electron chi connectivity index (χ1n) is 3.57. The van der Waals surface area contributed by atoms with Gasteiger partial charge in [0.25, 0.3) is 0 Å². The number of hydrogen-bond acceptors (Lipinski definition) is 3. The van der Waals surface area contributed by atoms with Gasteiger partial charge in [0, 0.05) is 26.3 Å². The van der Waals surface area contributed by atoms with Gasteiger partial charge in [-0.25, -0.2) is 0 Å². The number of hydrogen-bond donors (Lipinski definition) is 1. The molecule has 3 nitrogen and oxygen atoms in total. The molecule has 2 N–H and O–H groups in total. The van der Waals surface area contributed by atoms with Crippen molar-refractivity contribution < 1.29 is 4.74 Å². The van der Waals surface area contributed by atoms with Gasteiger partial charge in [0.05, 0.1) is 0 Å². The number of likely N-dealkylation sites (N-methyl/N-ethyl adjacent to an activating group) is 1. The average molecular weight is 146 g/mol. The van der Waals surface area contributed by atoms with Crippen molar-refractivity contribution in [3.8, 4) is 0 Å². The van der Waals surface area contributed by atoms with Crippen LogP contribution in [-0.4, -0.2) is 45.3 Å². The van der Waals surface area contributed by atoms with E-state index in [0.29, 0.717) is 12.6 Å². The van der Waals surface area contributed by atoms with E-state index in [9.17, 15) is 0 Å². The third-order valence-corrected chi connectivity index (χ3v) is 1.66. The summed E-state index contributed by atoms with van der Waals surface area (Å²) in [6.45, 7) is 1.50. The molecule has 0 aliphatic heterocycles. The Morgan fingerprint density at radius 3 is 2.40 bits per heavy atom. The zero-order valence-corrected chi connectivity index (χ0v) is 7.13. The van der Waals surface area contributed by atoms with E-state index in [2.05, 4.69) is 4.90 Å². The first-order valence-corrected chi connectivity index (χ1v) is 3.57. The van der Waals surface area contributed by atoms with Crippen LogP contribution in [0.5, 0.6) is 0 Å². The number of methoxy groups -OCH3 is 1. The normalized spacial score (nSPS) is 14.1. The van der Waals surface area contributed by atoms with Crippen LogP contribution in [-0.2, 0) is 4.74 Å². The Hall–Kier alpha value is -0.120. The Morgan fingerprint density at radius 1 is 1.50 bits per heavy atom. The van der Waals surface area contributed by atoms with Crippen molar-refractivity contribution in [2.75, 3.05) is 34.4 Å². The van der Waals surface area contributed by atoms with Gasteiger partial charge >= 0.3 is 0 Å². The topological polar surface area (TPSA) is 38.5 Å². The van der Waals surface area contributed by atoms with Crippen molar-refractivity contribution in [3.05, 3.63) is 0 Å². The SMILES string of the molecule is COCCC(CN)N(C)C. The van der Waals surface area contributed by atoms with Gasteiger partial charge in [0.1, 0.15) is 0 Å². The molecule has 0 saturated carbocycles. The van der Waals surface area contributed by atoms with Gasteiger partial charge in [-0.3, -0.25) is 0 Å². The molecule has 0 aliphatic rings. The molecule has 0 fully saturated rings. The molecule has 0 aromatic carbocycles. The highest BCUT2D eigenvalue weighted by Crippen LogP contribution is 1.96. The van der Waals surface area contributed by atoms with Crippen molar-refractivity contribution in [2.24, 2.45) is 5.73 Å². The number of nitrogens with two attached hydrogens (primary N) is 1. The van der Waals surface area contributed by atoms with Gasteiger partial charge in [0.15, 0.2) is 0 Å². The Balaban J connectivity index is 3.40. The molecule has 0 bridgehead atoms. The molecule has 0 aromatic rings. The van der Waals surface area contributed by atoms with Crippen molar-refractivity contribution >= 4 is 0 Å². The summed E-state index contributed by atoms with van der Waals surface area (Å²) in [7, 11) is 5.78. The van der Waals surface area contributed by atoms with E-state index in [1.807, 2.05) is 14.1 Å². The van der Waals surface area contributed by atoms with Crippen molar-refractivity contribution in [3.63, 3.8) is 0 Å². The summed E-state index contributed by atoms with van der Waals surface area (Å²) in [5, 5.41) is 0. The summed E-state index contributed by atoms with van der Waals surface area (Å²) in [6, 6.07) is 0.458. The summed E-state index contributed by atoms with van der Waals surface area (Å²) in [5.41, 5.74) is 5.52. The highest BCUT2D eigenvalue weighted by Gasteiger charge is 2.06. The highest BCUT2D eigenvalue weighted by atomic mass is 16.5. The lowest BCUT2D eigenvalue weighted by molar-refractivity contribution is 0.160. The minimum Gasteiger partial charge on any atom is -0.385 e. The first-order chi connectivity index (χ1) is 4.72. The van der Waals surface area contributed by atoms with Crippen LogP contribution >= 0.6 is 0 Å². The van der Waals surface area contributed by atoms with Crippen molar-refractivity contribution in [2.45, 2.75) is 12.5 Å². The largest absolute Gasteiger partial charge is 0.385 e. The van der Waals surface area contributed by atoms with Crippen LogP contribution in [0.25, 0.3) is 0 Å². The van der Waals surface area contributed by atoms with E-state index < -0.39 is 0 Å². The van der Waals surface area contributed by atoms with Gasteiger partial charge in [-0.2, -0.15) is 0 Å². The van der Waals surface area contributed by atoms with E-state index in [-0.39, 0.29) is 0 Å². The third kappa shape index (κ3) is 3.82. The fourth-order valence-corrected chi connectivity index (χ4v) is 0.841. The molecular formula is C7H18N2O. The molecule has 10 heavy (non-hydrogen) atoms. The Bertz CT molecular complexity index is 76.0. The molecular weight excluding hydrogens is 128 g/mol. The van der Waals surface area contributed by atoms with Crippen LogP contribution in [0, 0.1) is 0 Å². The van der Waals surface area contributed by atoms with Crippen molar-refractivity contribution in [1.82, 2.24) is 4.90 Å². The standard InChI is InChI=1S/C7H18N2O/c1-9(2)7(6-8)4-5-10-3/h7H,4-6,8H2,1-3H3. The predicted molar refractivity (Wildman–Crippen MR) is 43.0 cm³/mol. The van der Waals surface area contributed by atoms with Gasteiger partial charge in [-0.15, -0.1) is 0 Å². The van der Waals surface area contributed by atoms with E-state index in [1.165, 1.54) is 0 Å². The maximum atomic E-state index is 5.52. The summed E-state index contributed by atoms with van der Waals surface area (Å²) >= 11 is 0. The Kier molecular flexibility index (Phi) is 5.58. The fraction of sp³-hybridized carbons (Fsp3) is 1.00. The van der Waals surface area contributed by atoms with Crippen LogP contribution in [0.15, 0.2) is 0 Å². The Labute approximate surface area is 63.1 Å². The van der Waals surface area contributed by atoms with Gasteiger partial charge in [0.2, 0.25) is 0 Å². The van der Waals surface area contributed by atoms with E-state index in [4.69, 9.17) is 10.5 Å². The first kappa shape index (κ1) is 9.88. The molecule has 0 amide bonds. The number of rotatable bonds is 5. The average Bonchev–Trinajstić information content (AvgIpc) is 1.89. The van der Waals surface area contributed by atoms with Crippen LogP contribution in [0.4, 0.5) is 0 Å². The van der Waals surface area contributed by atoms with Gasteiger partial charge < -0.3 is 15.4 Å². The second-order valence-electron chi connectivity index (χ2n) is 2.63. The molecule has 0 rings (SSSR count). The quantitative estimate of drug-likeness (QED) is 0.589. The van der Waals surface area contributed by atoms with E-state index in [1.54, 1.807) is 7.11 Å². The molecule has 1 unspecified atom stereocenters. The number of ether oxygens (including phenoxy) is 1. The van der Waals surface area contributed by atoms with Crippen molar-refractivity contribution in [1.29, 1.82) is 0 Å². The van der Waals surface area contributed by atoms with Crippen LogP contribution in [0.1, 0.15) is 6.42 Å².